The fourth-order valence-corrected chi connectivity index (χ4v) is 5.96. The number of benzene rings is 1. The van der Waals surface area contributed by atoms with Crippen LogP contribution in [0.15, 0.2) is 30.3 Å². The summed E-state index contributed by atoms with van der Waals surface area (Å²) in [7, 11) is 0. The maximum atomic E-state index is 13.6. The zero-order chi connectivity index (χ0) is 28.3. The van der Waals surface area contributed by atoms with Gasteiger partial charge in [-0.05, 0) is 46.1 Å². The average molecular weight is 550 g/mol. The Kier molecular flexibility index (Phi) is 12.7. The Morgan fingerprint density at radius 2 is 1.73 bits per heavy atom. The monoisotopic (exact) mass is 549 g/mol. The van der Waals surface area contributed by atoms with Gasteiger partial charge in [0, 0.05) is 18.4 Å². The molecule has 0 saturated carbocycles. The predicted octanol–water partition coefficient (Wildman–Crippen LogP) is 3.76. The molecule has 0 aromatic heterocycles. The molecular formula is C27H39N3O5S2. The molecule has 1 aromatic rings. The Bertz CT molecular complexity index is 994. The summed E-state index contributed by atoms with van der Waals surface area (Å²) in [5.74, 6) is -1.09. The minimum absolute atomic E-state index is 0.0237. The highest BCUT2D eigenvalue weighted by Crippen LogP contribution is 2.45. The van der Waals surface area contributed by atoms with Crippen LogP contribution in [-0.2, 0) is 19.1 Å². The van der Waals surface area contributed by atoms with Crippen LogP contribution < -0.4 is 10.6 Å². The lowest BCUT2D eigenvalue weighted by molar-refractivity contribution is -0.143. The summed E-state index contributed by atoms with van der Waals surface area (Å²) in [5, 5.41) is 25.0. The van der Waals surface area contributed by atoms with Crippen LogP contribution in [0, 0.1) is 22.2 Å². The van der Waals surface area contributed by atoms with Crippen LogP contribution in [0.2, 0.25) is 0 Å². The molecule has 3 N–H and O–H groups in total. The molecule has 0 saturated heterocycles. The van der Waals surface area contributed by atoms with Crippen molar-refractivity contribution >= 4 is 46.0 Å². The van der Waals surface area contributed by atoms with Crippen LogP contribution in [0.3, 0.4) is 0 Å². The number of thiocarbonyl (C=S) groups is 1. The van der Waals surface area contributed by atoms with Crippen LogP contribution in [-0.4, -0.2) is 57.6 Å². The second kappa shape index (κ2) is 14.5. The summed E-state index contributed by atoms with van der Waals surface area (Å²) in [5.41, 5.74) is -1.22. The SMILES string of the molecule is CCC(=O)OCCNC(=O)C(C)(CC(C)(CC(C)(C)C#N)C(=O)NCC(C)O)SC(=S)c1ccccc1. The Labute approximate surface area is 229 Å². The third kappa shape index (κ3) is 10.8. The van der Waals surface area contributed by atoms with E-state index in [1.165, 1.54) is 11.8 Å². The van der Waals surface area contributed by atoms with E-state index in [1.807, 2.05) is 30.3 Å². The number of rotatable bonds is 14. The van der Waals surface area contributed by atoms with Crippen molar-refractivity contribution in [2.45, 2.75) is 71.7 Å². The third-order valence-electron chi connectivity index (χ3n) is 5.72. The van der Waals surface area contributed by atoms with Gasteiger partial charge in [0.25, 0.3) is 0 Å². The van der Waals surface area contributed by atoms with E-state index >= 15 is 0 Å². The number of thioether (sulfide) groups is 1. The second-order valence-electron chi connectivity index (χ2n) is 10.3. The molecule has 8 nitrogen and oxygen atoms in total. The van der Waals surface area contributed by atoms with Crippen molar-refractivity contribution in [3.63, 3.8) is 0 Å². The van der Waals surface area contributed by atoms with E-state index < -0.39 is 21.7 Å². The molecule has 0 heterocycles. The van der Waals surface area contributed by atoms with E-state index in [2.05, 4.69) is 16.7 Å². The number of hydrogen-bond acceptors (Lipinski definition) is 8. The zero-order valence-electron chi connectivity index (χ0n) is 22.6. The van der Waals surface area contributed by atoms with Crippen LogP contribution in [0.25, 0.3) is 0 Å². The molecule has 0 aliphatic carbocycles. The normalized spacial score (nSPS) is 15.3. The number of esters is 1. The van der Waals surface area contributed by atoms with Gasteiger partial charge in [-0.25, -0.2) is 0 Å². The van der Waals surface area contributed by atoms with Crippen molar-refractivity contribution in [3.05, 3.63) is 35.9 Å². The maximum absolute atomic E-state index is 13.6. The van der Waals surface area contributed by atoms with Gasteiger partial charge < -0.3 is 20.5 Å². The maximum Gasteiger partial charge on any atom is 0.305 e. The zero-order valence-corrected chi connectivity index (χ0v) is 24.2. The van der Waals surface area contributed by atoms with Crippen molar-refractivity contribution in [2.75, 3.05) is 19.7 Å². The number of aliphatic hydroxyl groups is 1. The Hall–Kier alpha value is -2.48. The number of nitrogens with zero attached hydrogens (tertiary/aromatic N) is 1. The fourth-order valence-electron chi connectivity index (χ4n) is 4.06. The molecule has 0 aliphatic heterocycles. The Morgan fingerprint density at radius 1 is 1.11 bits per heavy atom. The number of ether oxygens (including phenoxy) is 1. The molecule has 1 rings (SSSR count). The van der Waals surface area contributed by atoms with E-state index in [9.17, 15) is 24.8 Å². The van der Waals surface area contributed by atoms with Gasteiger partial charge in [-0.1, -0.05) is 68.2 Å². The Balaban J connectivity index is 3.33. The van der Waals surface area contributed by atoms with Crippen molar-refractivity contribution in [3.8, 4) is 6.07 Å². The topological polar surface area (TPSA) is 129 Å². The fraction of sp³-hybridized carbons (Fsp3) is 0.593. The van der Waals surface area contributed by atoms with Crippen LogP contribution in [0.1, 0.15) is 66.4 Å². The highest BCUT2D eigenvalue weighted by Gasteiger charge is 2.48. The van der Waals surface area contributed by atoms with Crippen molar-refractivity contribution in [2.24, 2.45) is 10.8 Å². The first kappa shape index (κ1) is 32.5. The highest BCUT2D eigenvalue weighted by atomic mass is 32.2. The molecule has 10 heteroatoms. The summed E-state index contributed by atoms with van der Waals surface area (Å²) in [4.78, 5) is 38.4. The minimum Gasteiger partial charge on any atom is -0.464 e. The summed E-state index contributed by atoms with van der Waals surface area (Å²) in [6, 6.07) is 11.5. The summed E-state index contributed by atoms with van der Waals surface area (Å²) >= 11 is 6.85. The van der Waals surface area contributed by atoms with E-state index in [1.54, 1.807) is 41.5 Å². The quantitative estimate of drug-likeness (QED) is 0.182. The number of carbonyl (C=O) groups is 3. The van der Waals surface area contributed by atoms with Crippen LogP contribution in [0.4, 0.5) is 0 Å². The molecule has 37 heavy (non-hydrogen) atoms. The number of hydrogen-bond donors (Lipinski definition) is 3. The average Bonchev–Trinajstić information content (AvgIpc) is 2.84. The number of carbonyl (C=O) groups excluding carboxylic acids is 3. The number of nitrogens with one attached hydrogen (secondary N) is 2. The summed E-state index contributed by atoms with van der Waals surface area (Å²) in [6.07, 6.45) is -0.272. The molecule has 0 spiro atoms. The van der Waals surface area contributed by atoms with Gasteiger partial charge in [0.15, 0.2) is 0 Å². The molecule has 1 aromatic carbocycles. The smallest absolute Gasteiger partial charge is 0.305 e. The molecule has 2 amide bonds. The van der Waals surface area contributed by atoms with Gasteiger partial charge in [0.2, 0.25) is 11.8 Å². The molecule has 3 atom stereocenters. The molecular weight excluding hydrogens is 510 g/mol. The first-order valence-corrected chi connectivity index (χ1v) is 13.5. The molecule has 0 aliphatic rings. The number of amides is 2. The standard InChI is InChI=1S/C27H39N3O5S2/c1-7-21(32)35-14-13-29-24(34)27(6,37-22(36)20-11-9-8-10-12-20)17-26(5,16-25(3,4)18-28)23(33)30-15-19(2)31/h8-12,19,31H,7,13-17H2,1-6H3,(H,29,34)(H,30,33). The summed E-state index contributed by atoms with van der Waals surface area (Å²) in [6.45, 7) is 10.4. The second-order valence-corrected chi connectivity index (χ2v) is 12.5. The van der Waals surface area contributed by atoms with Gasteiger partial charge in [-0.2, -0.15) is 5.26 Å². The van der Waals surface area contributed by atoms with E-state index in [0.29, 0.717) is 4.20 Å². The lowest BCUT2D eigenvalue weighted by atomic mass is 9.69. The molecule has 0 bridgehead atoms. The number of aliphatic hydroxyl groups excluding tert-OH is 1. The lowest BCUT2D eigenvalue weighted by Crippen LogP contribution is -2.52. The first-order chi connectivity index (χ1) is 17.2. The van der Waals surface area contributed by atoms with Crippen molar-refractivity contribution in [1.29, 1.82) is 5.26 Å². The van der Waals surface area contributed by atoms with Crippen LogP contribution >= 0.6 is 24.0 Å². The van der Waals surface area contributed by atoms with Gasteiger partial charge >= 0.3 is 5.97 Å². The van der Waals surface area contributed by atoms with E-state index in [0.717, 1.165) is 5.56 Å². The van der Waals surface area contributed by atoms with Gasteiger partial charge in [-0.3, -0.25) is 14.4 Å². The van der Waals surface area contributed by atoms with Gasteiger partial charge in [0.1, 0.15) is 6.61 Å². The van der Waals surface area contributed by atoms with Crippen molar-refractivity contribution < 1.29 is 24.2 Å². The molecule has 204 valence electrons. The number of nitriles is 1. The lowest BCUT2D eigenvalue weighted by Gasteiger charge is -2.40. The first-order valence-electron chi connectivity index (χ1n) is 12.3. The van der Waals surface area contributed by atoms with Crippen molar-refractivity contribution in [1.82, 2.24) is 10.6 Å². The predicted molar refractivity (Wildman–Crippen MR) is 150 cm³/mol. The van der Waals surface area contributed by atoms with E-state index in [4.69, 9.17) is 17.0 Å². The largest absolute Gasteiger partial charge is 0.464 e. The molecule has 3 unspecified atom stereocenters. The van der Waals surface area contributed by atoms with Gasteiger partial charge in [-0.15, -0.1) is 0 Å². The third-order valence-corrected chi connectivity index (χ3v) is 7.40. The Morgan fingerprint density at radius 3 is 2.27 bits per heavy atom. The minimum atomic E-state index is -1.20. The van der Waals surface area contributed by atoms with Crippen LogP contribution in [0.5, 0.6) is 0 Å². The molecule has 0 fully saturated rings. The van der Waals surface area contributed by atoms with Gasteiger partial charge in [0.05, 0.1) is 33.1 Å². The molecule has 0 radical (unpaired) electrons. The summed E-state index contributed by atoms with van der Waals surface area (Å²) < 4.78 is 4.35. The highest BCUT2D eigenvalue weighted by molar-refractivity contribution is 8.25. The van der Waals surface area contributed by atoms with E-state index in [-0.39, 0.29) is 56.7 Å².